The van der Waals surface area contributed by atoms with E-state index in [-0.39, 0.29) is 0 Å². The zero-order valence-corrected chi connectivity index (χ0v) is 16.1. The van der Waals surface area contributed by atoms with Crippen LogP contribution in [0.4, 0.5) is 5.69 Å². The first-order chi connectivity index (χ1) is 13.4. The monoisotopic (exact) mass is 374 g/mol. The molecule has 0 atom stereocenters. The highest BCUT2D eigenvalue weighted by Gasteiger charge is 2.14. The molecular formula is C22H22N4O2. The molecule has 0 unspecified atom stereocenters. The lowest BCUT2D eigenvalue weighted by Crippen LogP contribution is -2.33. The SMILES string of the molecule is C/C(=N\NC(=O)C(=O)Nc1ccc(C)cc1C)c1ccc(-n2cccc2)cc1. The molecule has 0 aliphatic carbocycles. The predicted octanol–water partition coefficient (Wildman–Crippen LogP) is 3.57. The van der Waals surface area contributed by atoms with Crippen molar-refractivity contribution in [2.75, 3.05) is 5.32 Å². The summed E-state index contributed by atoms with van der Waals surface area (Å²) >= 11 is 0. The minimum absolute atomic E-state index is 0.603. The van der Waals surface area contributed by atoms with E-state index in [1.165, 1.54) is 0 Å². The number of nitrogens with one attached hydrogen (secondary N) is 2. The van der Waals surface area contributed by atoms with E-state index in [9.17, 15) is 9.59 Å². The third-order valence-electron chi connectivity index (χ3n) is 4.35. The van der Waals surface area contributed by atoms with Gasteiger partial charge in [0.25, 0.3) is 0 Å². The van der Waals surface area contributed by atoms with Crippen molar-refractivity contribution in [1.29, 1.82) is 0 Å². The van der Waals surface area contributed by atoms with Crippen molar-refractivity contribution in [3.8, 4) is 5.69 Å². The molecule has 0 saturated heterocycles. The number of anilines is 1. The molecule has 1 heterocycles. The summed E-state index contributed by atoms with van der Waals surface area (Å²) in [6.45, 7) is 5.61. The minimum atomic E-state index is -0.816. The second kappa shape index (κ2) is 8.35. The molecule has 0 aliphatic rings. The normalized spacial score (nSPS) is 11.2. The van der Waals surface area contributed by atoms with Crippen molar-refractivity contribution in [2.24, 2.45) is 5.10 Å². The van der Waals surface area contributed by atoms with Gasteiger partial charge in [0.05, 0.1) is 5.71 Å². The van der Waals surface area contributed by atoms with Crippen LogP contribution < -0.4 is 10.7 Å². The average molecular weight is 374 g/mol. The predicted molar refractivity (Wildman–Crippen MR) is 111 cm³/mol. The van der Waals surface area contributed by atoms with Crippen LogP contribution in [-0.2, 0) is 9.59 Å². The lowest BCUT2D eigenvalue weighted by molar-refractivity contribution is -0.136. The summed E-state index contributed by atoms with van der Waals surface area (Å²) in [6.07, 6.45) is 3.93. The Morgan fingerprint density at radius 1 is 0.929 bits per heavy atom. The number of carbonyl (C=O) groups excluding carboxylic acids is 2. The zero-order valence-electron chi connectivity index (χ0n) is 16.1. The molecule has 3 rings (SSSR count). The number of aryl methyl sites for hydroxylation is 2. The van der Waals surface area contributed by atoms with Crippen molar-refractivity contribution >= 4 is 23.2 Å². The summed E-state index contributed by atoms with van der Waals surface area (Å²) in [5, 5.41) is 6.64. The summed E-state index contributed by atoms with van der Waals surface area (Å²) in [5.41, 5.74) is 7.37. The van der Waals surface area contributed by atoms with Crippen LogP contribution in [0.1, 0.15) is 23.6 Å². The Morgan fingerprint density at radius 3 is 2.25 bits per heavy atom. The van der Waals surface area contributed by atoms with Gasteiger partial charge >= 0.3 is 11.8 Å². The quantitative estimate of drug-likeness (QED) is 0.416. The fourth-order valence-corrected chi connectivity index (χ4v) is 2.76. The molecule has 0 fully saturated rings. The second-order valence-corrected chi connectivity index (χ2v) is 6.55. The number of hydrogen-bond acceptors (Lipinski definition) is 3. The molecule has 6 nitrogen and oxygen atoms in total. The van der Waals surface area contributed by atoms with Gasteiger partial charge in [-0.1, -0.05) is 29.8 Å². The molecule has 0 saturated carbocycles. The number of nitrogens with zero attached hydrogens (tertiary/aromatic N) is 2. The Balaban J connectivity index is 1.62. The Hall–Kier alpha value is -3.67. The topological polar surface area (TPSA) is 75.5 Å². The van der Waals surface area contributed by atoms with E-state index < -0.39 is 11.8 Å². The highest BCUT2D eigenvalue weighted by Crippen LogP contribution is 2.15. The summed E-state index contributed by atoms with van der Waals surface area (Å²) in [7, 11) is 0. The molecule has 1 aromatic heterocycles. The van der Waals surface area contributed by atoms with Gasteiger partial charge < -0.3 is 9.88 Å². The summed E-state index contributed by atoms with van der Waals surface area (Å²) in [6, 6.07) is 17.3. The Labute approximate surface area is 163 Å². The Morgan fingerprint density at radius 2 is 1.61 bits per heavy atom. The third kappa shape index (κ3) is 4.54. The zero-order chi connectivity index (χ0) is 20.1. The Kier molecular flexibility index (Phi) is 5.69. The van der Waals surface area contributed by atoms with Crippen molar-refractivity contribution in [2.45, 2.75) is 20.8 Å². The molecular weight excluding hydrogens is 352 g/mol. The molecule has 3 aromatic rings. The second-order valence-electron chi connectivity index (χ2n) is 6.55. The third-order valence-corrected chi connectivity index (χ3v) is 4.35. The highest BCUT2D eigenvalue weighted by atomic mass is 16.2. The largest absolute Gasteiger partial charge is 0.329 e. The van der Waals surface area contributed by atoms with E-state index in [0.29, 0.717) is 11.4 Å². The number of benzene rings is 2. The van der Waals surface area contributed by atoms with E-state index >= 15 is 0 Å². The van der Waals surface area contributed by atoms with Crippen LogP contribution in [0.3, 0.4) is 0 Å². The minimum Gasteiger partial charge on any atom is -0.324 e. The van der Waals surface area contributed by atoms with E-state index in [1.807, 2.05) is 79.3 Å². The van der Waals surface area contributed by atoms with Crippen molar-refractivity contribution in [3.05, 3.63) is 83.7 Å². The highest BCUT2D eigenvalue weighted by molar-refractivity contribution is 6.39. The van der Waals surface area contributed by atoms with Gasteiger partial charge in [0, 0.05) is 23.8 Å². The summed E-state index contributed by atoms with van der Waals surface area (Å²) in [5.74, 6) is -1.57. The maximum absolute atomic E-state index is 12.1. The lowest BCUT2D eigenvalue weighted by atomic mass is 10.1. The molecule has 0 aliphatic heterocycles. The fraction of sp³-hybridized carbons (Fsp3) is 0.136. The van der Waals surface area contributed by atoms with Crippen LogP contribution in [0, 0.1) is 13.8 Å². The molecule has 2 amide bonds. The smallest absolute Gasteiger partial charge is 0.324 e. The first kappa shape index (κ1) is 19.1. The average Bonchev–Trinajstić information content (AvgIpc) is 3.23. The number of hydrogen-bond donors (Lipinski definition) is 2. The first-order valence-electron chi connectivity index (χ1n) is 8.90. The van der Waals surface area contributed by atoms with E-state index in [2.05, 4.69) is 15.8 Å². The van der Waals surface area contributed by atoms with Crippen LogP contribution in [0.15, 0.2) is 72.1 Å². The van der Waals surface area contributed by atoms with Crippen LogP contribution in [-0.4, -0.2) is 22.1 Å². The molecule has 2 N–H and O–H groups in total. The molecule has 0 bridgehead atoms. The molecule has 2 aromatic carbocycles. The van der Waals surface area contributed by atoms with Gasteiger partial charge in [-0.2, -0.15) is 5.10 Å². The van der Waals surface area contributed by atoms with Crippen molar-refractivity contribution in [1.82, 2.24) is 9.99 Å². The Bertz CT molecular complexity index is 1020. The van der Waals surface area contributed by atoms with Gasteiger partial charge in [-0.05, 0) is 62.2 Å². The van der Waals surface area contributed by atoms with Gasteiger partial charge in [-0.3, -0.25) is 9.59 Å². The van der Waals surface area contributed by atoms with E-state index in [0.717, 1.165) is 22.4 Å². The number of carbonyl (C=O) groups is 2. The summed E-state index contributed by atoms with van der Waals surface area (Å²) in [4.78, 5) is 24.1. The molecule has 0 spiro atoms. The molecule has 142 valence electrons. The van der Waals surface area contributed by atoms with Gasteiger partial charge in [0.15, 0.2) is 0 Å². The van der Waals surface area contributed by atoms with Gasteiger partial charge in [0.1, 0.15) is 0 Å². The molecule has 28 heavy (non-hydrogen) atoms. The van der Waals surface area contributed by atoms with Gasteiger partial charge in [0.2, 0.25) is 0 Å². The number of amides is 2. The number of rotatable bonds is 4. The molecule has 0 radical (unpaired) electrons. The van der Waals surface area contributed by atoms with Crippen LogP contribution in [0.25, 0.3) is 5.69 Å². The maximum Gasteiger partial charge on any atom is 0.329 e. The van der Waals surface area contributed by atoms with E-state index in [1.54, 1.807) is 13.0 Å². The van der Waals surface area contributed by atoms with Crippen molar-refractivity contribution in [3.63, 3.8) is 0 Å². The summed E-state index contributed by atoms with van der Waals surface area (Å²) < 4.78 is 2.00. The van der Waals surface area contributed by atoms with Crippen LogP contribution in [0.2, 0.25) is 0 Å². The fourth-order valence-electron chi connectivity index (χ4n) is 2.76. The number of hydrazone groups is 1. The molecule has 6 heteroatoms. The van der Waals surface area contributed by atoms with Gasteiger partial charge in [-0.25, -0.2) is 5.43 Å². The van der Waals surface area contributed by atoms with Crippen LogP contribution in [0.5, 0.6) is 0 Å². The van der Waals surface area contributed by atoms with Gasteiger partial charge in [-0.15, -0.1) is 0 Å². The lowest BCUT2D eigenvalue weighted by Gasteiger charge is -2.08. The number of aromatic nitrogens is 1. The standard InChI is InChI=1S/C22H22N4O2/c1-15-6-11-20(16(2)14-15)23-21(27)22(28)25-24-17(3)18-7-9-19(10-8-18)26-12-4-5-13-26/h4-14H,1-3H3,(H,23,27)(H,25,28)/b24-17+. The maximum atomic E-state index is 12.1. The van der Waals surface area contributed by atoms with E-state index in [4.69, 9.17) is 0 Å². The van der Waals surface area contributed by atoms with Crippen LogP contribution >= 0.6 is 0 Å². The first-order valence-corrected chi connectivity index (χ1v) is 8.90. The van der Waals surface area contributed by atoms with Crippen molar-refractivity contribution < 1.29 is 9.59 Å².